The summed E-state index contributed by atoms with van der Waals surface area (Å²) in [4.78, 5) is 17.2. The van der Waals surface area contributed by atoms with E-state index in [9.17, 15) is 0 Å². The van der Waals surface area contributed by atoms with Crippen LogP contribution >= 0.6 is 0 Å². The van der Waals surface area contributed by atoms with E-state index in [0.29, 0.717) is 18.7 Å². The number of benzene rings is 2. The second kappa shape index (κ2) is 9.04. The van der Waals surface area contributed by atoms with Gasteiger partial charge in [-0.25, -0.2) is 0 Å². The zero-order valence-electron chi connectivity index (χ0n) is 20.3. The van der Waals surface area contributed by atoms with E-state index in [1.807, 2.05) is 0 Å². The van der Waals surface area contributed by atoms with Gasteiger partial charge in [0, 0.05) is 55.4 Å². The standard InChI is InChI=1S/C27H34N6O/c1-19-6-3-7-20-8-4-10-24(25(19)20)33-16-22-23(17-33)29-27(34-18-21-9-5-13-31(21)2)30-26(22)32-14-11-28-12-15-32/h3-4,6-8,10,21,28H,5,9,11-18H2,1-2H3/t21-/m0/s1. The highest BCUT2D eigenvalue weighted by atomic mass is 16.5. The first-order chi connectivity index (χ1) is 16.7. The van der Waals surface area contributed by atoms with Crippen LogP contribution in [0.3, 0.4) is 0 Å². The van der Waals surface area contributed by atoms with Crippen LogP contribution in [0.15, 0.2) is 36.4 Å². The van der Waals surface area contributed by atoms with Gasteiger partial charge in [-0.05, 0) is 50.4 Å². The highest BCUT2D eigenvalue weighted by Crippen LogP contribution is 2.38. The lowest BCUT2D eigenvalue weighted by Crippen LogP contribution is -2.44. The predicted octanol–water partition coefficient (Wildman–Crippen LogP) is 3.34. The molecule has 4 heterocycles. The number of anilines is 2. The molecule has 0 aliphatic carbocycles. The molecule has 34 heavy (non-hydrogen) atoms. The average Bonchev–Trinajstić information content (AvgIpc) is 3.48. The number of ether oxygens (including phenoxy) is 1. The maximum Gasteiger partial charge on any atom is 0.318 e. The minimum absolute atomic E-state index is 0.453. The number of aromatic nitrogens is 2. The summed E-state index contributed by atoms with van der Waals surface area (Å²) in [5, 5.41) is 6.08. The van der Waals surface area contributed by atoms with Gasteiger partial charge in [0.2, 0.25) is 0 Å². The molecule has 7 heteroatoms. The van der Waals surface area contributed by atoms with Crippen molar-refractivity contribution in [1.82, 2.24) is 20.2 Å². The average molecular weight is 459 g/mol. The molecule has 0 saturated carbocycles. The Hall–Kier alpha value is -2.90. The number of likely N-dealkylation sites (tertiary alicyclic amines) is 1. The van der Waals surface area contributed by atoms with Crippen molar-refractivity contribution >= 4 is 22.3 Å². The summed E-state index contributed by atoms with van der Waals surface area (Å²) in [5.74, 6) is 1.06. The number of hydrogen-bond donors (Lipinski definition) is 1. The van der Waals surface area contributed by atoms with E-state index in [-0.39, 0.29) is 0 Å². The molecule has 2 saturated heterocycles. The van der Waals surface area contributed by atoms with Crippen molar-refractivity contribution in [2.45, 2.75) is 38.9 Å². The van der Waals surface area contributed by atoms with Gasteiger partial charge in [0.05, 0.1) is 12.2 Å². The Kier molecular flexibility index (Phi) is 5.75. The maximum absolute atomic E-state index is 6.22. The lowest BCUT2D eigenvalue weighted by atomic mass is 10.0. The van der Waals surface area contributed by atoms with Crippen LogP contribution in [-0.4, -0.2) is 67.3 Å². The number of piperazine rings is 1. The quantitative estimate of drug-likeness (QED) is 0.629. The Morgan fingerprint density at radius 2 is 1.82 bits per heavy atom. The maximum atomic E-state index is 6.22. The van der Waals surface area contributed by atoms with E-state index < -0.39 is 0 Å². The molecule has 3 aromatic rings. The number of nitrogens with zero attached hydrogens (tertiary/aromatic N) is 5. The molecule has 6 rings (SSSR count). The molecule has 3 aliphatic rings. The van der Waals surface area contributed by atoms with Crippen molar-refractivity contribution in [3.63, 3.8) is 0 Å². The third-order valence-corrected chi connectivity index (χ3v) is 7.66. The fourth-order valence-electron chi connectivity index (χ4n) is 5.72. The third kappa shape index (κ3) is 3.97. The second-order valence-corrected chi connectivity index (χ2v) is 9.89. The fraction of sp³-hybridized carbons (Fsp3) is 0.481. The van der Waals surface area contributed by atoms with E-state index in [2.05, 4.69) is 70.4 Å². The van der Waals surface area contributed by atoms with Gasteiger partial charge < -0.3 is 24.8 Å². The van der Waals surface area contributed by atoms with Crippen LogP contribution in [-0.2, 0) is 13.1 Å². The molecule has 178 valence electrons. The zero-order valence-corrected chi connectivity index (χ0v) is 20.3. The monoisotopic (exact) mass is 458 g/mol. The number of hydrogen-bond acceptors (Lipinski definition) is 7. The zero-order chi connectivity index (χ0) is 23.1. The molecule has 1 N–H and O–H groups in total. The molecular formula is C27H34N6O. The highest BCUT2D eigenvalue weighted by Gasteiger charge is 2.30. The molecule has 1 aromatic heterocycles. The van der Waals surface area contributed by atoms with E-state index in [0.717, 1.165) is 57.3 Å². The van der Waals surface area contributed by atoms with Crippen molar-refractivity contribution in [3.8, 4) is 6.01 Å². The lowest BCUT2D eigenvalue weighted by molar-refractivity contribution is 0.187. The first kappa shape index (κ1) is 21.6. The Morgan fingerprint density at radius 1 is 1.00 bits per heavy atom. The van der Waals surface area contributed by atoms with Crippen molar-refractivity contribution < 1.29 is 4.74 Å². The van der Waals surface area contributed by atoms with Gasteiger partial charge in [-0.15, -0.1) is 0 Å². The van der Waals surface area contributed by atoms with Gasteiger partial charge >= 0.3 is 6.01 Å². The molecule has 3 aliphatic heterocycles. The topological polar surface area (TPSA) is 56.8 Å². The Morgan fingerprint density at radius 3 is 2.62 bits per heavy atom. The van der Waals surface area contributed by atoms with Crippen LogP contribution in [0.5, 0.6) is 6.01 Å². The first-order valence-electron chi connectivity index (χ1n) is 12.6. The van der Waals surface area contributed by atoms with Gasteiger partial charge in [0.15, 0.2) is 0 Å². The summed E-state index contributed by atoms with van der Waals surface area (Å²) in [7, 11) is 2.18. The van der Waals surface area contributed by atoms with Crippen molar-refractivity contribution in [1.29, 1.82) is 0 Å². The number of rotatable bonds is 5. The van der Waals surface area contributed by atoms with Crippen LogP contribution in [0.4, 0.5) is 11.5 Å². The van der Waals surface area contributed by atoms with Crippen LogP contribution in [0.1, 0.15) is 29.7 Å². The first-order valence-corrected chi connectivity index (χ1v) is 12.6. The summed E-state index contributed by atoms with van der Waals surface area (Å²) in [6.07, 6.45) is 2.42. The summed E-state index contributed by atoms with van der Waals surface area (Å²) in [6.45, 7) is 9.49. The molecule has 2 fully saturated rings. The summed E-state index contributed by atoms with van der Waals surface area (Å²) in [6, 6.07) is 14.1. The largest absolute Gasteiger partial charge is 0.462 e. The Balaban J connectivity index is 1.34. The Labute approximate surface area is 201 Å². The van der Waals surface area contributed by atoms with Gasteiger partial charge in [-0.2, -0.15) is 9.97 Å². The van der Waals surface area contributed by atoms with E-state index >= 15 is 0 Å². The van der Waals surface area contributed by atoms with Gasteiger partial charge in [0.1, 0.15) is 12.4 Å². The second-order valence-electron chi connectivity index (χ2n) is 9.89. The van der Waals surface area contributed by atoms with E-state index in [1.54, 1.807) is 0 Å². The summed E-state index contributed by atoms with van der Waals surface area (Å²) < 4.78 is 6.22. The normalized spacial score (nSPS) is 20.8. The van der Waals surface area contributed by atoms with E-state index in [1.165, 1.54) is 40.4 Å². The van der Waals surface area contributed by atoms with Crippen LogP contribution < -0.4 is 19.9 Å². The van der Waals surface area contributed by atoms with Gasteiger partial charge in [-0.1, -0.05) is 30.3 Å². The third-order valence-electron chi connectivity index (χ3n) is 7.66. The molecular weight excluding hydrogens is 424 g/mol. The molecule has 1 atom stereocenters. The number of aryl methyl sites for hydroxylation is 1. The van der Waals surface area contributed by atoms with Crippen LogP contribution in [0.2, 0.25) is 0 Å². The lowest BCUT2D eigenvalue weighted by Gasteiger charge is -2.30. The SMILES string of the molecule is Cc1cccc2cccc(N3Cc4nc(OC[C@@H]5CCCN5C)nc(N5CCNCC5)c4C3)c12. The molecule has 2 aromatic carbocycles. The van der Waals surface area contributed by atoms with Crippen molar-refractivity contribution in [2.24, 2.45) is 0 Å². The molecule has 0 spiro atoms. The molecule has 0 radical (unpaired) electrons. The van der Waals surface area contributed by atoms with Gasteiger partial charge in [0.25, 0.3) is 0 Å². The number of likely N-dealkylation sites (N-methyl/N-ethyl adjacent to an activating group) is 1. The van der Waals surface area contributed by atoms with Crippen LogP contribution in [0, 0.1) is 6.92 Å². The number of nitrogens with one attached hydrogen (secondary N) is 1. The van der Waals surface area contributed by atoms with Crippen molar-refractivity contribution in [2.75, 3.05) is 56.2 Å². The predicted molar refractivity (Wildman–Crippen MR) is 137 cm³/mol. The molecule has 0 bridgehead atoms. The molecule has 0 amide bonds. The summed E-state index contributed by atoms with van der Waals surface area (Å²) in [5.41, 5.74) is 4.93. The summed E-state index contributed by atoms with van der Waals surface area (Å²) >= 11 is 0. The molecule has 7 nitrogen and oxygen atoms in total. The highest BCUT2D eigenvalue weighted by molar-refractivity contribution is 5.97. The Bertz CT molecular complexity index is 1190. The number of fused-ring (bicyclic) bond motifs is 2. The minimum atomic E-state index is 0.453. The fourth-order valence-corrected chi connectivity index (χ4v) is 5.72. The minimum Gasteiger partial charge on any atom is -0.462 e. The molecule has 0 unspecified atom stereocenters. The smallest absolute Gasteiger partial charge is 0.318 e. The van der Waals surface area contributed by atoms with Crippen LogP contribution in [0.25, 0.3) is 10.8 Å². The van der Waals surface area contributed by atoms with E-state index in [4.69, 9.17) is 14.7 Å². The van der Waals surface area contributed by atoms with Crippen molar-refractivity contribution in [3.05, 3.63) is 53.2 Å². The van der Waals surface area contributed by atoms with Gasteiger partial charge in [-0.3, -0.25) is 0 Å².